The third-order valence-electron chi connectivity index (χ3n) is 5.57. The highest BCUT2D eigenvalue weighted by Crippen LogP contribution is 2.13. The Balaban J connectivity index is 1.40. The standard InChI is InChI=1S/C20H27N5O3/c1-13-15(7-4-8-21-13)23-20(27)17-11-25(9-10-28-17)12-18-22-16-6-3-2-5-14(16)19(26)24-18/h2-3,5-6,13,15,17,21H,4,7-12H2,1H3,(H,23,27)(H,22,24,26). The molecular weight excluding hydrogens is 358 g/mol. The van der Waals surface area contributed by atoms with E-state index in [1.54, 1.807) is 6.07 Å². The molecule has 2 aromatic rings. The number of piperidine rings is 1. The predicted octanol–water partition coefficient (Wildman–Crippen LogP) is 0.381. The summed E-state index contributed by atoms with van der Waals surface area (Å²) in [6.45, 7) is 5.24. The zero-order valence-electron chi connectivity index (χ0n) is 16.1. The normalized spacial score (nSPS) is 26.2. The molecule has 0 saturated carbocycles. The van der Waals surface area contributed by atoms with E-state index in [1.165, 1.54) is 0 Å². The van der Waals surface area contributed by atoms with Crippen molar-refractivity contribution in [3.05, 3.63) is 40.4 Å². The van der Waals surface area contributed by atoms with Gasteiger partial charge < -0.3 is 20.4 Å². The van der Waals surface area contributed by atoms with Crippen LogP contribution < -0.4 is 16.2 Å². The van der Waals surface area contributed by atoms with E-state index in [0.717, 1.165) is 19.4 Å². The molecule has 2 saturated heterocycles. The van der Waals surface area contributed by atoms with E-state index >= 15 is 0 Å². The molecule has 2 fully saturated rings. The molecule has 8 nitrogen and oxygen atoms in total. The number of nitrogens with zero attached hydrogens (tertiary/aromatic N) is 2. The van der Waals surface area contributed by atoms with Gasteiger partial charge in [0, 0.05) is 25.2 Å². The fraction of sp³-hybridized carbons (Fsp3) is 0.550. The number of aromatic nitrogens is 2. The number of fused-ring (bicyclic) bond motifs is 1. The van der Waals surface area contributed by atoms with Crippen LogP contribution in [0.15, 0.2) is 29.1 Å². The fourth-order valence-electron chi connectivity index (χ4n) is 3.94. The zero-order valence-corrected chi connectivity index (χ0v) is 16.1. The summed E-state index contributed by atoms with van der Waals surface area (Å²) in [5, 5.41) is 7.11. The average molecular weight is 385 g/mol. The van der Waals surface area contributed by atoms with E-state index in [0.29, 0.717) is 43.0 Å². The first kappa shape index (κ1) is 19.0. The van der Waals surface area contributed by atoms with Gasteiger partial charge in [-0.2, -0.15) is 0 Å². The molecule has 28 heavy (non-hydrogen) atoms. The number of aromatic amines is 1. The third kappa shape index (κ3) is 4.24. The van der Waals surface area contributed by atoms with Crippen molar-refractivity contribution in [2.24, 2.45) is 0 Å². The number of amides is 1. The maximum absolute atomic E-state index is 12.7. The fourth-order valence-corrected chi connectivity index (χ4v) is 3.94. The van der Waals surface area contributed by atoms with Crippen molar-refractivity contribution in [1.29, 1.82) is 0 Å². The van der Waals surface area contributed by atoms with Gasteiger partial charge in [-0.1, -0.05) is 12.1 Å². The van der Waals surface area contributed by atoms with Crippen LogP contribution in [0.5, 0.6) is 0 Å². The molecule has 8 heteroatoms. The van der Waals surface area contributed by atoms with Gasteiger partial charge in [0.25, 0.3) is 11.5 Å². The van der Waals surface area contributed by atoms with Gasteiger partial charge in [0.05, 0.1) is 24.1 Å². The van der Waals surface area contributed by atoms with Crippen molar-refractivity contribution < 1.29 is 9.53 Å². The first-order valence-corrected chi connectivity index (χ1v) is 9.96. The van der Waals surface area contributed by atoms with E-state index in [-0.39, 0.29) is 23.6 Å². The van der Waals surface area contributed by atoms with Gasteiger partial charge in [0.2, 0.25) is 0 Å². The first-order valence-electron chi connectivity index (χ1n) is 9.96. The topological polar surface area (TPSA) is 99.4 Å². The molecule has 1 aromatic carbocycles. The van der Waals surface area contributed by atoms with Gasteiger partial charge in [-0.25, -0.2) is 4.98 Å². The summed E-state index contributed by atoms with van der Waals surface area (Å²) in [7, 11) is 0. The molecule has 2 aliphatic heterocycles. The minimum atomic E-state index is -0.505. The van der Waals surface area contributed by atoms with Crippen molar-refractivity contribution in [3.8, 4) is 0 Å². The second-order valence-electron chi connectivity index (χ2n) is 7.62. The lowest BCUT2D eigenvalue weighted by molar-refractivity contribution is -0.140. The highest BCUT2D eigenvalue weighted by molar-refractivity contribution is 5.81. The molecule has 2 aliphatic rings. The van der Waals surface area contributed by atoms with E-state index in [1.807, 2.05) is 18.2 Å². The molecule has 0 radical (unpaired) electrons. The van der Waals surface area contributed by atoms with Crippen molar-refractivity contribution in [2.75, 3.05) is 26.2 Å². The summed E-state index contributed by atoms with van der Waals surface area (Å²) < 4.78 is 5.71. The van der Waals surface area contributed by atoms with Crippen molar-refractivity contribution in [3.63, 3.8) is 0 Å². The highest BCUT2D eigenvalue weighted by atomic mass is 16.5. The first-order chi connectivity index (χ1) is 13.6. The minimum absolute atomic E-state index is 0.0646. The number of ether oxygens (including phenoxy) is 1. The number of rotatable bonds is 4. The monoisotopic (exact) mass is 385 g/mol. The SMILES string of the molecule is CC1NCCCC1NC(=O)C1CN(Cc2nc3ccccc3c(=O)[nH]2)CCO1. The van der Waals surface area contributed by atoms with Crippen LogP contribution in [0.25, 0.3) is 10.9 Å². The number of carbonyl (C=O) groups excluding carboxylic acids is 1. The van der Waals surface area contributed by atoms with Crippen molar-refractivity contribution in [1.82, 2.24) is 25.5 Å². The summed E-state index contributed by atoms with van der Waals surface area (Å²) in [6, 6.07) is 7.70. The van der Waals surface area contributed by atoms with Gasteiger partial charge in [-0.15, -0.1) is 0 Å². The lowest BCUT2D eigenvalue weighted by Crippen LogP contribution is -2.57. The highest BCUT2D eigenvalue weighted by Gasteiger charge is 2.30. The quantitative estimate of drug-likeness (QED) is 0.704. The van der Waals surface area contributed by atoms with Gasteiger partial charge >= 0.3 is 0 Å². The molecule has 1 aromatic heterocycles. The lowest BCUT2D eigenvalue weighted by Gasteiger charge is -2.35. The zero-order chi connectivity index (χ0) is 19.5. The Morgan fingerprint density at radius 3 is 3.11 bits per heavy atom. The maximum Gasteiger partial charge on any atom is 0.258 e. The summed E-state index contributed by atoms with van der Waals surface area (Å²) >= 11 is 0. The molecule has 0 spiro atoms. The minimum Gasteiger partial charge on any atom is -0.366 e. The van der Waals surface area contributed by atoms with Gasteiger partial charge in [-0.05, 0) is 38.4 Å². The number of carbonyl (C=O) groups is 1. The van der Waals surface area contributed by atoms with Crippen LogP contribution in [0, 0.1) is 0 Å². The van der Waals surface area contributed by atoms with Crippen molar-refractivity contribution >= 4 is 16.8 Å². The average Bonchev–Trinajstić information content (AvgIpc) is 2.70. The number of benzene rings is 1. The Morgan fingerprint density at radius 2 is 2.25 bits per heavy atom. The van der Waals surface area contributed by atoms with Crippen molar-refractivity contribution in [2.45, 2.75) is 44.5 Å². The molecule has 3 N–H and O–H groups in total. The molecule has 0 aliphatic carbocycles. The summed E-state index contributed by atoms with van der Waals surface area (Å²) in [5.41, 5.74) is 0.546. The van der Waals surface area contributed by atoms with Crippen LogP contribution >= 0.6 is 0 Å². The summed E-state index contributed by atoms with van der Waals surface area (Å²) in [4.78, 5) is 34.4. The largest absolute Gasteiger partial charge is 0.366 e. The van der Waals surface area contributed by atoms with Gasteiger partial charge in [0.15, 0.2) is 0 Å². The van der Waals surface area contributed by atoms with Crippen LogP contribution in [-0.4, -0.2) is 65.2 Å². The number of hydrogen-bond donors (Lipinski definition) is 3. The van der Waals surface area contributed by atoms with Crippen LogP contribution in [-0.2, 0) is 16.1 Å². The van der Waals surface area contributed by atoms with E-state index in [9.17, 15) is 9.59 Å². The van der Waals surface area contributed by atoms with Gasteiger partial charge in [-0.3, -0.25) is 14.5 Å². The van der Waals surface area contributed by atoms with Crippen LogP contribution in [0.3, 0.4) is 0 Å². The number of morpholine rings is 1. The van der Waals surface area contributed by atoms with Crippen LogP contribution in [0.1, 0.15) is 25.6 Å². The van der Waals surface area contributed by atoms with E-state index < -0.39 is 6.10 Å². The smallest absolute Gasteiger partial charge is 0.258 e. The Bertz CT molecular complexity index is 899. The Kier molecular flexibility index (Phi) is 5.70. The number of hydrogen-bond acceptors (Lipinski definition) is 6. The second-order valence-corrected chi connectivity index (χ2v) is 7.62. The molecule has 0 bridgehead atoms. The molecule has 3 atom stereocenters. The second kappa shape index (κ2) is 8.38. The Labute approximate surface area is 163 Å². The Hall–Kier alpha value is -2.29. The third-order valence-corrected chi connectivity index (χ3v) is 5.57. The molecule has 3 unspecified atom stereocenters. The van der Waals surface area contributed by atoms with Gasteiger partial charge in [0.1, 0.15) is 11.9 Å². The summed E-state index contributed by atoms with van der Waals surface area (Å²) in [5.74, 6) is 0.542. The Morgan fingerprint density at radius 1 is 1.39 bits per heavy atom. The number of para-hydroxylation sites is 1. The van der Waals surface area contributed by atoms with Crippen LogP contribution in [0.4, 0.5) is 0 Å². The van der Waals surface area contributed by atoms with Crippen LogP contribution in [0.2, 0.25) is 0 Å². The molecule has 3 heterocycles. The molecule has 4 rings (SSSR count). The lowest BCUT2D eigenvalue weighted by atomic mass is 9.99. The summed E-state index contributed by atoms with van der Waals surface area (Å²) in [6.07, 6.45) is 1.54. The molecular formula is C20H27N5O3. The predicted molar refractivity (Wildman–Crippen MR) is 106 cm³/mol. The number of nitrogens with one attached hydrogen (secondary N) is 3. The molecule has 1 amide bonds. The van der Waals surface area contributed by atoms with E-state index in [2.05, 4.69) is 32.4 Å². The molecule has 150 valence electrons. The van der Waals surface area contributed by atoms with E-state index in [4.69, 9.17) is 4.74 Å². The maximum atomic E-state index is 12.7. The number of H-pyrrole nitrogens is 1.